The maximum atomic E-state index is 13.2. The predicted molar refractivity (Wildman–Crippen MR) is 118 cm³/mol. The van der Waals surface area contributed by atoms with Crippen molar-refractivity contribution in [3.63, 3.8) is 0 Å². The highest BCUT2D eigenvalue weighted by Gasteiger charge is 2.45. The van der Waals surface area contributed by atoms with E-state index in [0.717, 1.165) is 28.6 Å². The molecule has 6 rings (SSSR count). The quantitative estimate of drug-likeness (QED) is 0.215. The third-order valence-corrected chi connectivity index (χ3v) is 6.47. The number of carbonyl (C=O) groups is 1. The molecule has 0 amide bonds. The van der Waals surface area contributed by atoms with Crippen LogP contribution in [0.5, 0.6) is 0 Å². The first-order valence-corrected chi connectivity index (χ1v) is 10.9. The molecule has 2 atom stereocenters. The summed E-state index contributed by atoms with van der Waals surface area (Å²) in [6.07, 6.45) is 1.91. The third-order valence-electron chi connectivity index (χ3n) is 6.47. The van der Waals surface area contributed by atoms with E-state index in [4.69, 9.17) is 19.3 Å². The molecule has 1 fully saturated rings. The van der Waals surface area contributed by atoms with Crippen LogP contribution in [0.4, 0.5) is 0 Å². The van der Waals surface area contributed by atoms with Crippen LogP contribution < -0.4 is 5.56 Å². The van der Waals surface area contributed by atoms with Crippen molar-refractivity contribution < 1.29 is 24.2 Å². The summed E-state index contributed by atoms with van der Waals surface area (Å²) in [7, 11) is 0. The standard InChI is InChI=1S/C24H21N3O6/c1-2-24(30)18-7-20-21-15(9-27(20)22(28)17(18)12-32-23(24)29)6-14-5-13(3-4-19(14)26-21)8-25-33-11-16-10-31-16/h3-8,16,30H,2,9-12H2,1H3/t16?,24-/m0/s1. The number of pyridine rings is 2. The number of cyclic esters (lactones) is 1. The number of esters is 1. The fourth-order valence-electron chi connectivity index (χ4n) is 4.47. The van der Waals surface area contributed by atoms with Gasteiger partial charge in [0.05, 0.1) is 41.8 Å². The molecule has 168 valence electrons. The molecule has 0 spiro atoms. The second-order valence-corrected chi connectivity index (χ2v) is 8.54. The summed E-state index contributed by atoms with van der Waals surface area (Å²) in [4.78, 5) is 35.5. The number of nitrogens with zero attached hydrogens (tertiary/aromatic N) is 3. The molecular formula is C24H21N3O6. The second-order valence-electron chi connectivity index (χ2n) is 8.54. The minimum Gasteiger partial charge on any atom is -0.458 e. The lowest BCUT2D eigenvalue weighted by molar-refractivity contribution is -0.172. The average molecular weight is 447 g/mol. The number of hydrogen-bond acceptors (Lipinski definition) is 8. The molecule has 1 aromatic carbocycles. The Kier molecular flexibility index (Phi) is 4.40. The fourth-order valence-corrected chi connectivity index (χ4v) is 4.47. The van der Waals surface area contributed by atoms with Crippen LogP contribution in [0.25, 0.3) is 22.3 Å². The van der Waals surface area contributed by atoms with Gasteiger partial charge in [-0.2, -0.15) is 0 Å². The molecule has 1 unspecified atom stereocenters. The van der Waals surface area contributed by atoms with Crippen LogP contribution in [0.1, 0.15) is 35.6 Å². The van der Waals surface area contributed by atoms with Gasteiger partial charge in [0.2, 0.25) is 0 Å². The van der Waals surface area contributed by atoms with Gasteiger partial charge < -0.3 is 24.0 Å². The molecule has 3 aromatic rings. The normalized spacial score (nSPS) is 22.7. The summed E-state index contributed by atoms with van der Waals surface area (Å²) in [5.74, 6) is -0.727. The number of fused-ring (bicyclic) bond motifs is 5. The number of hydrogen-bond donors (Lipinski definition) is 1. The Hall–Kier alpha value is -3.56. The topological polar surface area (TPSA) is 116 Å². The van der Waals surface area contributed by atoms with Crippen molar-refractivity contribution in [2.75, 3.05) is 13.2 Å². The van der Waals surface area contributed by atoms with Crippen LogP contribution >= 0.6 is 0 Å². The van der Waals surface area contributed by atoms with Crippen LogP contribution in [-0.2, 0) is 37.9 Å². The summed E-state index contributed by atoms with van der Waals surface area (Å²) in [6.45, 7) is 3.07. The lowest BCUT2D eigenvalue weighted by atomic mass is 9.86. The first kappa shape index (κ1) is 20.1. The number of aliphatic hydroxyl groups is 1. The van der Waals surface area contributed by atoms with Crippen LogP contribution in [0.2, 0.25) is 0 Å². The Morgan fingerprint density at radius 1 is 1.33 bits per heavy atom. The highest BCUT2D eigenvalue weighted by Crippen LogP contribution is 2.38. The molecule has 33 heavy (non-hydrogen) atoms. The van der Waals surface area contributed by atoms with Crippen molar-refractivity contribution in [1.82, 2.24) is 9.55 Å². The van der Waals surface area contributed by atoms with Gasteiger partial charge in [0, 0.05) is 16.5 Å². The molecule has 2 aromatic heterocycles. The van der Waals surface area contributed by atoms with Crippen LogP contribution in [-0.4, -0.2) is 46.2 Å². The zero-order chi connectivity index (χ0) is 22.7. The van der Waals surface area contributed by atoms with Gasteiger partial charge in [-0.25, -0.2) is 9.78 Å². The van der Waals surface area contributed by atoms with Crippen molar-refractivity contribution >= 4 is 23.1 Å². The summed E-state index contributed by atoms with van der Waals surface area (Å²) in [6, 6.07) is 9.46. The SMILES string of the molecule is CC[C@@]1(O)C(=O)OCc2c1cc1n(c2=O)Cc2cc3cc(C=NOCC4CO4)ccc3nc2-1. The lowest BCUT2D eigenvalue weighted by Crippen LogP contribution is -2.44. The highest BCUT2D eigenvalue weighted by atomic mass is 16.7. The first-order valence-electron chi connectivity index (χ1n) is 10.9. The molecule has 9 heteroatoms. The number of benzene rings is 1. The summed E-state index contributed by atoms with van der Waals surface area (Å²) in [5.41, 5.74) is 2.33. The van der Waals surface area contributed by atoms with E-state index >= 15 is 0 Å². The van der Waals surface area contributed by atoms with Gasteiger partial charge >= 0.3 is 5.97 Å². The van der Waals surface area contributed by atoms with E-state index in [-0.39, 0.29) is 24.7 Å². The van der Waals surface area contributed by atoms with Crippen molar-refractivity contribution in [2.24, 2.45) is 5.16 Å². The monoisotopic (exact) mass is 447 g/mol. The summed E-state index contributed by atoms with van der Waals surface area (Å²) < 4.78 is 11.8. The molecule has 3 aliphatic heterocycles. The van der Waals surface area contributed by atoms with E-state index in [1.54, 1.807) is 23.8 Å². The molecule has 1 saturated heterocycles. The van der Waals surface area contributed by atoms with Crippen LogP contribution in [0.15, 0.2) is 40.3 Å². The van der Waals surface area contributed by atoms with E-state index in [1.165, 1.54) is 0 Å². The van der Waals surface area contributed by atoms with Crippen LogP contribution in [0, 0.1) is 0 Å². The van der Waals surface area contributed by atoms with E-state index in [9.17, 15) is 14.7 Å². The van der Waals surface area contributed by atoms with E-state index in [1.807, 2.05) is 24.3 Å². The number of aromatic nitrogens is 2. The molecule has 0 aliphatic carbocycles. The Bertz CT molecular complexity index is 1410. The molecule has 5 heterocycles. The molecule has 1 N–H and O–H groups in total. The van der Waals surface area contributed by atoms with Gasteiger partial charge in [0.1, 0.15) is 19.3 Å². The smallest absolute Gasteiger partial charge is 0.343 e. The molecule has 9 nitrogen and oxygen atoms in total. The number of oxime groups is 1. The predicted octanol–water partition coefficient (Wildman–Crippen LogP) is 1.83. The largest absolute Gasteiger partial charge is 0.458 e. The molecule has 0 radical (unpaired) electrons. The van der Waals surface area contributed by atoms with Crippen molar-refractivity contribution in [3.8, 4) is 11.4 Å². The van der Waals surface area contributed by atoms with Gasteiger partial charge in [0.25, 0.3) is 5.56 Å². The van der Waals surface area contributed by atoms with Gasteiger partial charge in [-0.1, -0.05) is 18.1 Å². The highest BCUT2D eigenvalue weighted by molar-refractivity contribution is 5.91. The Labute approximate surface area is 188 Å². The maximum Gasteiger partial charge on any atom is 0.343 e. The molecule has 3 aliphatic rings. The van der Waals surface area contributed by atoms with Crippen LogP contribution in [0.3, 0.4) is 0 Å². The number of carbonyl (C=O) groups excluding carboxylic acids is 1. The molecule has 0 bridgehead atoms. The first-order chi connectivity index (χ1) is 16.0. The van der Waals surface area contributed by atoms with E-state index in [2.05, 4.69) is 5.16 Å². The fraction of sp³-hybridized carbons (Fsp3) is 0.333. The summed E-state index contributed by atoms with van der Waals surface area (Å²) >= 11 is 0. The van der Waals surface area contributed by atoms with Crippen molar-refractivity contribution in [2.45, 2.75) is 38.2 Å². The van der Waals surface area contributed by atoms with Gasteiger partial charge in [-0.15, -0.1) is 0 Å². The minimum atomic E-state index is -1.83. The lowest BCUT2D eigenvalue weighted by Gasteiger charge is -2.31. The minimum absolute atomic E-state index is 0.113. The molecule has 0 saturated carbocycles. The summed E-state index contributed by atoms with van der Waals surface area (Å²) in [5, 5.41) is 15.9. The van der Waals surface area contributed by atoms with Gasteiger partial charge in [-0.05, 0) is 36.2 Å². The van der Waals surface area contributed by atoms with Gasteiger partial charge in [-0.3, -0.25) is 4.79 Å². The van der Waals surface area contributed by atoms with E-state index < -0.39 is 11.6 Å². The Morgan fingerprint density at radius 2 is 2.18 bits per heavy atom. The zero-order valence-electron chi connectivity index (χ0n) is 17.9. The number of epoxide rings is 1. The van der Waals surface area contributed by atoms with Crippen molar-refractivity contribution in [3.05, 3.63) is 62.9 Å². The number of ether oxygens (including phenoxy) is 2. The maximum absolute atomic E-state index is 13.2. The molecular weight excluding hydrogens is 426 g/mol. The second kappa shape index (κ2) is 7.23. The number of rotatable bonds is 5. The van der Waals surface area contributed by atoms with Gasteiger partial charge in [0.15, 0.2) is 5.60 Å². The van der Waals surface area contributed by atoms with E-state index in [0.29, 0.717) is 35.7 Å². The van der Waals surface area contributed by atoms with Crippen molar-refractivity contribution in [1.29, 1.82) is 0 Å². The Balaban J connectivity index is 1.40. The Morgan fingerprint density at radius 3 is 2.97 bits per heavy atom. The average Bonchev–Trinajstić information content (AvgIpc) is 3.58. The third kappa shape index (κ3) is 3.15. The zero-order valence-corrected chi connectivity index (χ0v) is 17.9.